The molecule has 0 heterocycles. The average molecular weight is 283 g/mol. The normalized spacial score (nSPS) is 23.8. The van der Waals surface area contributed by atoms with Crippen molar-refractivity contribution in [1.82, 2.24) is 0 Å². The van der Waals surface area contributed by atoms with Gasteiger partial charge in [0.05, 0.1) is 5.76 Å². The van der Waals surface area contributed by atoms with Crippen LogP contribution >= 0.6 is 0 Å². The van der Waals surface area contributed by atoms with E-state index in [1.165, 1.54) is 50.7 Å². The van der Waals surface area contributed by atoms with E-state index in [0.29, 0.717) is 17.3 Å². The van der Waals surface area contributed by atoms with Gasteiger partial charge in [0.2, 0.25) is 10.5 Å². The Balaban J connectivity index is 2.86. The molecule has 0 radical (unpaired) electrons. The van der Waals surface area contributed by atoms with Crippen LogP contribution in [0, 0.1) is 17.3 Å². The van der Waals surface area contributed by atoms with Gasteiger partial charge in [-0.1, -0.05) is 59.8 Å². The summed E-state index contributed by atoms with van der Waals surface area (Å²) >= 11 is 0. The van der Waals surface area contributed by atoms with Gasteiger partial charge in [-0.2, -0.15) is 0 Å². The Bertz CT molecular complexity index is 281. The van der Waals surface area contributed by atoms with Gasteiger partial charge < -0.3 is 4.43 Å². The molecule has 0 N–H and O–H groups in total. The first-order valence-electron chi connectivity index (χ1n) is 8.23. The molecule has 1 unspecified atom stereocenters. The van der Waals surface area contributed by atoms with E-state index in [9.17, 15) is 0 Å². The van der Waals surface area contributed by atoms with Gasteiger partial charge in [-0.15, -0.1) is 0 Å². The molecule has 19 heavy (non-hydrogen) atoms. The van der Waals surface area contributed by atoms with Gasteiger partial charge in [-0.3, -0.25) is 0 Å². The number of allylic oxidation sites excluding steroid dienone is 2. The summed E-state index contributed by atoms with van der Waals surface area (Å²) in [5, 5.41) is 0. The predicted octanol–water partition coefficient (Wildman–Crippen LogP) is 4.60. The largest absolute Gasteiger partial charge is 0.556 e. The Morgan fingerprint density at radius 3 is 2.26 bits per heavy atom. The molecule has 1 nitrogen and oxygen atoms in total. The molecule has 1 rings (SSSR count). The van der Waals surface area contributed by atoms with Gasteiger partial charge in [0, 0.05) is 6.42 Å². The Hall–Kier alpha value is -0.243. The Morgan fingerprint density at radius 1 is 1.11 bits per heavy atom. The van der Waals surface area contributed by atoms with Gasteiger partial charge >= 0.3 is 0 Å². The quantitative estimate of drug-likeness (QED) is 0.687. The van der Waals surface area contributed by atoms with Gasteiger partial charge in [-0.25, -0.2) is 0 Å². The maximum absolute atomic E-state index is 5.77. The van der Waals surface area contributed by atoms with Crippen LogP contribution in [0.4, 0.5) is 0 Å². The van der Waals surface area contributed by atoms with Gasteiger partial charge in [0.25, 0.3) is 0 Å². The van der Waals surface area contributed by atoms with Crippen LogP contribution in [0.1, 0.15) is 79.1 Å². The van der Waals surface area contributed by atoms with E-state index in [0.717, 1.165) is 16.9 Å². The van der Waals surface area contributed by atoms with Crippen LogP contribution in [0.3, 0.4) is 0 Å². The van der Waals surface area contributed by atoms with Gasteiger partial charge in [0.15, 0.2) is 0 Å². The molecule has 0 bridgehead atoms. The van der Waals surface area contributed by atoms with Crippen LogP contribution in [0.2, 0.25) is 0 Å². The molecule has 0 saturated heterocycles. The average Bonchev–Trinajstić information content (AvgIpc) is 2.42. The lowest BCUT2D eigenvalue weighted by molar-refractivity contribution is 0.158. The summed E-state index contributed by atoms with van der Waals surface area (Å²) in [5.41, 5.74) is 0.374. The summed E-state index contributed by atoms with van der Waals surface area (Å²) in [4.78, 5) is 0. The zero-order valence-corrected chi connectivity index (χ0v) is 15.8. The maximum atomic E-state index is 5.77. The fourth-order valence-corrected chi connectivity index (χ4v) is 3.29. The first kappa shape index (κ1) is 16.8. The fourth-order valence-electron chi connectivity index (χ4n) is 2.95. The predicted molar refractivity (Wildman–Crippen MR) is 88.2 cm³/mol. The lowest BCUT2D eigenvalue weighted by Gasteiger charge is -2.37. The van der Waals surface area contributed by atoms with Crippen molar-refractivity contribution < 1.29 is 4.43 Å². The van der Waals surface area contributed by atoms with Crippen molar-refractivity contribution in [3.63, 3.8) is 0 Å². The molecular weight excluding hydrogens is 248 g/mol. The summed E-state index contributed by atoms with van der Waals surface area (Å²) < 4.78 is 5.77. The monoisotopic (exact) mass is 282 g/mol. The van der Waals surface area contributed by atoms with E-state index < -0.39 is 0 Å². The summed E-state index contributed by atoms with van der Waals surface area (Å²) in [7, 11) is 0.830. The zero-order chi connectivity index (χ0) is 14.3. The molecule has 112 valence electrons. The molecule has 0 aliphatic heterocycles. The first-order chi connectivity index (χ1) is 8.98. The van der Waals surface area contributed by atoms with Crippen molar-refractivity contribution in [1.29, 1.82) is 0 Å². The highest BCUT2D eigenvalue weighted by Gasteiger charge is 2.31. The maximum Gasteiger partial charge on any atom is 0.203 e. The second-order valence-corrected chi connectivity index (χ2v) is 7.49. The molecule has 0 fully saturated rings. The molecule has 2 heteroatoms. The van der Waals surface area contributed by atoms with E-state index in [1.807, 2.05) is 0 Å². The molecular formula is C17H34OSi. The minimum atomic E-state index is 0.374. The van der Waals surface area contributed by atoms with E-state index in [2.05, 4.69) is 33.8 Å². The van der Waals surface area contributed by atoms with Crippen molar-refractivity contribution >= 4 is 10.5 Å². The van der Waals surface area contributed by atoms with Crippen molar-refractivity contribution in [2.45, 2.75) is 79.1 Å². The van der Waals surface area contributed by atoms with E-state index in [4.69, 9.17) is 4.43 Å². The molecule has 0 spiro atoms. The zero-order valence-electron chi connectivity index (χ0n) is 13.8. The van der Waals surface area contributed by atoms with Crippen LogP contribution in [0.5, 0.6) is 0 Å². The van der Waals surface area contributed by atoms with Crippen LogP contribution < -0.4 is 0 Å². The first-order valence-corrected chi connectivity index (χ1v) is 9.04. The minimum absolute atomic E-state index is 0.374. The highest BCUT2D eigenvalue weighted by atomic mass is 28.2. The van der Waals surface area contributed by atoms with Crippen molar-refractivity contribution in [3.8, 4) is 0 Å². The summed E-state index contributed by atoms with van der Waals surface area (Å²) in [5.74, 6) is 2.68. The van der Waals surface area contributed by atoms with E-state index >= 15 is 0 Å². The Morgan fingerprint density at radius 2 is 1.68 bits per heavy atom. The topological polar surface area (TPSA) is 9.23 Å². The molecule has 0 saturated carbocycles. The van der Waals surface area contributed by atoms with Gasteiger partial charge in [-0.05, 0) is 36.2 Å². The number of rotatable bonds is 3. The fraction of sp³-hybridized carbons (Fsp3) is 0.882. The third-order valence-electron chi connectivity index (χ3n) is 5.28. The SMILES string of the molecule is CC(C)C(C)(C)C1C=C(O[SiH3])CCCCCCCC1. The minimum Gasteiger partial charge on any atom is -0.556 e. The van der Waals surface area contributed by atoms with Gasteiger partial charge in [0.1, 0.15) is 0 Å². The molecule has 0 amide bonds. The Kier molecular flexibility index (Phi) is 7.20. The second kappa shape index (κ2) is 8.14. The third kappa shape index (κ3) is 5.33. The second-order valence-electron chi connectivity index (χ2n) is 7.08. The molecule has 0 aromatic rings. The summed E-state index contributed by atoms with van der Waals surface area (Å²) in [6.45, 7) is 9.59. The summed E-state index contributed by atoms with van der Waals surface area (Å²) in [6.07, 6.45) is 13.3. The molecule has 1 aliphatic carbocycles. The van der Waals surface area contributed by atoms with Crippen molar-refractivity contribution in [2.24, 2.45) is 17.3 Å². The van der Waals surface area contributed by atoms with Crippen LogP contribution in [-0.2, 0) is 4.43 Å². The molecule has 0 aromatic carbocycles. The molecule has 1 aliphatic rings. The molecule has 0 aromatic heterocycles. The number of hydrogen-bond donors (Lipinski definition) is 0. The lowest BCUT2D eigenvalue weighted by Crippen LogP contribution is -2.29. The lowest BCUT2D eigenvalue weighted by atomic mass is 9.68. The highest BCUT2D eigenvalue weighted by Crippen LogP contribution is 2.40. The van der Waals surface area contributed by atoms with Crippen molar-refractivity contribution in [2.75, 3.05) is 0 Å². The van der Waals surface area contributed by atoms with Crippen LogP contribution in [-0.4, -0.2) is 10.5 Å². The smallest absolute Gasteiger partial charge is 0.203 e. The number of hydrogen-bond acceptors (Lipinski definition) is 1. The van der Waals surface area contributed by atoms with E-state index in [1.54, 1.807) is 0 Å². The van der Waals surface area contributed by atoms with Crippen LogP contribution in [0.25, 0.3) is 0 Å². The Labute approximate surface area is 123 Å². The van der Waals surface area contributed by atoms with Crippen molar-refractivity contribution in [3.05, 3.63) is 11.8 Å². The standard InChI is InChI=1S/C17H34OSi/c1-14(2)17(3,4)15-11-9-7-5-6-8-10-12-16(13-15)18-19/h13-15H,5-12H2,1-4,19H3. The molecule has 1 atom stereocenters. The third-order valence-corrected chi connectivity index (χ3v) is 5.81. The summed E-state index contributed by atoms with van der Waals surface area (Å²) in [6, 6.07) is 0. The van der Waals surface area contributed by atoms with E-state index in [-0.39, 0.29) is 0 Å². The highest BCUT2D eigenvalue weighted by molar-refractivity contribution is 5.98. The van der Waals surface area contributed by atoms with Crippen LogP contribution in [0.15, 0.2) is 11.8 Å².